The summed E-state index contributed by atoms with van der Waals surface area (Å²) < 4.78 is 0. The van der Waals surface area contributed by atoms with E-state index in [1.165, 1.54) is 6.20 Å². The van der Waals surface area contributed by atoms with Gasteiger partial charge in [0, 0.05) is 16.9 Å². The molecule has 0 fully saturated rings. The molecule has 3 aromatic rings. The molecule has 1 N–H and O–H groups in total. The third-order valence-electron chi connectivity index (χ3n) is 3.70. The Morgan fingerprint density at radius 1 is 1.20 bits per heavy atom. The molecule has 124 valence electrons. The highest BCUT2D eigenvalue weighted by Gasteiger charge is 2.17. The number of halogens is 3. The summed E-state index contributed by atoms with van der Waals surface area (Å²) in [5.41, 5.74) is 2.62. The van der Waals surface area contributed by atoms with Crippen LogP contribution in [-0.4, -0.2) is 10.9 Å². The van der Waals surface area contributed by atoms with Crippen LogP contribution in [0.15, 0.2) is 42.6 Å². The molecule has 0 saturated heterocycles. The molecule has 0 aliphatic heterocycles. The maximum absolute atomic E-state index is 12.6. The minimum Gasteiger partial charge on any atom is -0.320 e. The Balaban J connectivity index is 2.09. The van der Waals surface area contributed by atoms with Crippen LogP contribution in [0.4, 0.5) is 5.69 Å². The molecule has 3 rings (SSSR count). The van der Waals surface area contributed by atoms with Crippen LogP contribution in [0.3, 0.4) is 0 Å². The number of fused-ring (bicyclic) bond motifs is 1. The molecule has 4 nitrogen and oxygen atoms in total. The average Bonchev–Trinajstić information content (AvgIpc) is 2.60. The Morgan fingerprint density at radius 3 is 2.52 bits per heavy atom. The molecule has 1 heterocycles. The van der Waals surface area contributed by atoms with Crippen LogP contribution in [0.25, 0.3) is 10.9 Å². The largest absolute Gasteiger partial charge is 0.320 e. The number of aromatic nitrogens is 1. The normalized spacial score (nSPS) is 10.5. The van der Waals surface area contributed by atoms with E-state index in [1.807, 2.05) is 6.07 Å². The van der Waals surface area contributed by atoms with E-state index in [2.05, 4.69) is 32.3 Å². The maximum atomic E-state index is 12.6. The van der Waals surface area contributed by atoms with Gasteiger partial charge in [-0.15, -0.1) is 0 Å². The Bertz CT molecular complexity index is 1010. The Labute approximate surface area is 162 Å². The van der Waals surface area contributed by atoms with Gasteiger partial charge in [-0.3, -0.25) is 9.78 Å². The van der Waals surface area contributed by atoms with Gasteiger partial charge in [0.05, 0.1) is 32.4 Å². The lowest BCUT2D eigenvalue weighted by molar-refractivity contribution is 0.102. The van der Waals surface area contributed by atoms with Crippen LogP contribution in [0.2, 0.25) is 10.0 Å². The number of nitriles is 1. The summed E-state index contributed by atoms with van der Waals surface area (Å²) in [6.07, 6.45) is 1.50. The second-order valence-corrected chi connectivity index (χ2v) is 6.52. The molecule has 0 radical (unpaired) electrons. The van der Waals surface area contributed by atoms with Gasteiger partial charge in [0.25, 0.3) is 5.91 Å². The summed E-state index contributed by atoms with van der Waals surface area (Å²) in [5.74, 6) is -0.422. The van der Waals surface area contributed by atoms with E-state index < -0.39 is 5.91 Å². The molecule has 7 heteroatoms. The van der Waals surface area contributed by atoms with E-state index in [0.717, 1.165) is 10.9 Å². The summed E-state index contributed by atoms with van der Waals surface area (Å²) in [6.45, 7) is 0. The highest BCUT2D eigenvalue weighted by Crippen LogP contribution is 2.30. The van der Waals surface area contributed by atoms with Crippen molar-refractivity contribution in [3.63, 3.8) is 0 Å². The summed E-state index contributed by atoms with van der Waals surface area (Å²) in [4.78, 5) is 16.9. The highest BCUT2D eigenvalue weighted by molar-refractivity contribution is 9.08. The Hall–Kier alpha value is -2.13. The van der Waals surface area contributed by atoms with Crippen molar-refractivity contribution in [1.29, 1.82) is 5.26 Å². The van der Waals surface area contributed by atoms with Crippen LogP contribution in [-0.2, 0) is 5.33 Å². The van der Waals surface area contributed by atoms with E-state index in [4.69, 9.17) is 23.2 Å². The van der Waals surface area contributed by atoms with E-state index >= 15 is 0 Å². The molecule has 0 aliphatic carbocycles. The van der Waals surface area contributed by atoms with Crippen molar-refractivity contribution in [2.45, 2.75) is 5.33 Å². The van der Waals surface area contributed by atoms with Gasteiger partial charge in [0.1, 0.15) is 6.07 Å². The topological polar surface area (TPSA) is 65.8 Å². The number of rotatable bonds is 3. The molecule has 1 aromatic heterocycles. The van der Waals surface area contributed by atoms with Gasteiger partial charge in [-0.25, -0.2) is 0 Å². The zero-order valence-corrected chi connectivity index (χ0v) is 15.8. The average molecular weight is 435 g/mol. The third-order valence-corrected chi connectivity index (χ3v) is 4.89. The fourth-order valence-corrected chi connectivity index (χ4v) is 3.69. The highest BCUT2D eigenvalue weighted by atomic mass is 79.9. The minimum absolute atomic E-state index is 0.206. The van der Waals surface area contributed by atoms with Crippen LogP contribution in [0, 0.1) is 11.3 Å². The quantitative estimate of drug-likeness (QED) is 0.548. The van der Waals surface area contributed by atoms with Crippen molar-refractivity contribution in [2.24, 2.45) is 0 Å². The van der Waals surface area contributed by atoms with Crippen molar-refractivity contribution in [3.05, 3.63) is 69.3 Å². The van der Waals surface area contributed by atoms with Crippen LogP contribution >= 0.6 is 39.1 Å². The number of carbonyl (C=O) groups is 1. The number of anilines is 1. The Kier molecular flexibility index (Phi) is 5.24. The molecular formula is C18H10BrCl2N3O. The number of hydrogen-bond acceptors (Lipinski definition) is 3. The number of alkyl halides is 1. The summed E-state index contributed by atoms with van der Waals surface area (Å²) >= 11 is 15.6. The number of nitrogens with one attached hydrogen (secondary N) is 1. The van der Waals surface area contributed by atoms with E-state index in [1.54, 1.807) is 30.3 Å². The predicted octanol–water partition coefficient (Wildman–Crippen LogP) is 5.56. The van der Waals surface area contributed by atoms with Gasteiger partial charge in [-0.05, 0) is 23.8 Å². The van der Waals surface area contributed by atoms with Crippen LogP contribution in [0.5, 0.6) is 0 Å². The molecule has 2 aromatic carbocycles. The van der Waals surface area contributed by atoms with E-state index in [-0.39, 0.29) is 15.6 Å². The van der Waals surface area contributed by atoms with Crippen LogP contribution < -0.4 is 5.32 Å². The monoisotopic (exact) mass is 433 g/mol. The molecular weight excluding hydrogens is 425 g/mol. The van der Waals surface area contributed by atoms with Gasteiger partial charge in [0.15, 0.2) is 0 Å². The second-order valence-electron chi connectivity index (χ2n) is 5.15. The SMILES string of the molecule is N#Cc1cnc2c(NC(=O)c3c(Cl)cccc3Cl)cccc2c1CBr. The smallest absolute Gasteiger partial charge is 0.258 e. The molecule has 0 spiro atoms. The number of benzene rings is 2. The van der Waals surface area contributed by atoms with Crippen molar-refractivity contribution in [3.8, 4) is 6.07 Å². The van der Waals surface area contributed by atoms with Crippen molar-refractivity contribution in [1.82, 2.24) is 4.98 Å². The first-order valence-electron chi connectivity index (χ1n) is 7.19. The maximum Gasteiger partial charge on any atom is 0.258 e. The van der Waals surface area contributed by atoms with Gasteiger partial charge < -0.3 is 5.32 Å². The summed E-state index contributed by atoms with van der Waals surface area (Å²) in [6, 6.07) is 12.4. The number of nitrogens with zero attached hydrogens (tertiary/aromatic N) is 2. The first-order chi connectivity index (χ1) is 12.1. The fourth-order valence-electron chi connectivity index (χ4n) is 2.52. The first kappa shape index (κ1) is 17.7. The first-order valence-corrected chi connectivity index (χ1v) is 9.06. The predicted molar refractivity (Wildman–Crippen MR) is 104 cm³/mol. The Morgan fingerprint density at radius 2 is 1.88 bits per heavy atom. The van der Waals surface area contributed by atoms with E-state index in [9.17, 15) is 10.1 Å². The zero-order valence-electron chi connectivity index (χ0n) is 12.7. The lowest BCUT2D eigenvalue weighted by Gasteiger charge is -2.12. The van der Waals surface area contributed by atoms with Crippen LogP contribution in [0.1, 0.15) is 21.5 Å². The van der Waals surface area contributed by atoms with Gasteiger partial charge in [-0.1, -0.05) is 57.3 Å². The molecule has 0 aliphatic rings. The van der Waals surface area contributed by atoms with E-state index in [0.29, 0.717) is 22.1 Å². The second kappa shape index (κ2) is 7.40. The standard InChI is InChI=1S/C18H10BrCl2N3O/c19-7-12-10(8-22)9-23-17-11(12)3-1-6-15(17)24-18(25)16-13(20)4-2-5-14(16)21/h1-6,9H,7H2,(H,24,25). The van der Waals surface area contributed by atoms with Crippen molar-refractivity contribution >= 4 is 61.6 Å². The molecule has 0 saturated carbocycles. The number of pyridine rings is 1. The number of carbonyl (C=O) groups excluding carboxylic acids is 1. The minimum atomic E-state index is -0.422. The number of para-hydroxylation sites is 1. The summed E-state index contributed by atoms with van der Waals surface area (Å²) in [7, 11) is 0. The number of hydrogen-bond donors (Lipinski definition) is 1. The molecule has 0 bridgehead atoms. The molecule has 0 atom stereocenters. The lowest BCUT2D eigenvalue weighted by atomic mass is 10.0. The van der Waals surface area contributed by atoms with Gasteiger partial charge in [0.2, 0.25) is 0 Å². The third kappa shape index (κ3) is 3.34. The molecule has 1 amide bonds. The van der Waals surface area contributed by atoms with Crippen molar-refractivity contribution < 1.29 is 4.79 Å². The molecule has 25 heavy (non-hydrogen) atoms. The molecule has 0 unspecified atom stereocenters. The lowest BCUT2D eigenvalue weighted by Crippen LogP contribution is -2.13. The summed E-state index contributed by atoms with van der Waals surface area (Å²) in [5, 5.41) is 13.9. The number of amides is 1. The van der Waals surface area contributed by atoms with Gasteiger partial charge in [-0.2, -0.15) is 5.26 Å². The zero-order chi connectivity index (χ0) is 18.0. The van der Waals surface area contributed by atoms with Crippen molar-refractivity contribution in [2.75, 3.05) is 5.32 Å². The van der Waals surface area contributed by atoms with Gasteiger partial charge >= 0.3 is 0 Å². The fraction of sp³-hybridized carbons (Fsp3) is 0.0556.